The van der Waals surface area contributed by atoms with E-state index >= 15 is 0 Å². The maximum absolute atomic E-state index is 12.8. The van der Waals surface area contributed by atoms with Crippen molar-refractivity contribution in [3.05, 3.63) is 69.1 Å². The normalized spacial score (nSPS) is 16.5. The van der Waals surface area contributed by atoms with E-state index in [0.717, 1.165) is 24.1 Å². The van der Waals surface area contributed by atoms with E-state index in [0.29, 0.717) is 19.6 Å². The average Bonchev–Trinajstić information content (AvgIpc) is 3.10. The highest BCUT2D eigenvalue weighted by atomic mass is 16.4. The lowest BCUT2D eigenvalue weighted by Crippen LogP contribution is -2.36. The van der Waals surface area contributed by atoms with Gasteiger partial charge >= 0.3 is 5.97 Å². The van der Waals surface area contributed by atoms with E-state index in [-0.39, 0.29) is 28.5 Å². The first-order valence-corrected chi connectivity index (χ1v) is 9.22. The van der Waals surface area contributed by atoms with Crippen molar-refractivity contribution in [1.29, 1.82) is 0 Å². The zero-order chi connectivity index (χ0) is 19.6. The Morgan fingerprint density at radius 1 is 1.22 bits per heavy atom. The van der Waals surface area contributed by atoms with Gasteiger partial charge in [-0.3, -0.25) is 9.59 Å². The number of aromatic carboxylic acids is 1. The molecule has 6 nitrogen and oxygen atoms in total. The molecule has 1 aromatic carbocycles. The van der Waals surface area contributed by atoms with Crippen LogP contribution in [0.2, 0.25) is 0 Å². The monoisotopic (exact) mass is 368 g/mol. The van der Waals surface area contributed by atoms with Crippen molar-refractivity contribution in [3.63, 3.8) is 0 Å². The first-order valence-electron chi connectivity index (χ1n) is 9.22. The second kappa shape index (κ2) is 7.78. The molecule has 1 aliphatic heterocycles. The van der Waals surface area contributed by atoms with Gasteiger partial charge in [0.25, 0.3) is 11.5 Å². The third-order valence-corrected chi connectivity index (χ3v) is 5.21. The van der Waals surface area contributed by atoms with Crippen molar-refractivity contribution in [1.82, 2.24) is 9.47 Å². The molecule has 1 aliphatic rings. The number of aromatic nitrogens is 1. The van der Waals surface area contributed by atoms with Crippen molar-refractivity contribution in [2.45, 2.75) is 33.2 Å². The van der Waals surface area contributed by atoms with Crippen LogP contribution in [-0.4, -0.2) is 39.5 Å². The number of carboxylic acids is 1. The Morgan fingerprint density at radius 3 is 2.70 bits per heavy atom. The van der Waals surface area contributed by atoms with E-state index in [1.165, 1.54) is 0 Å². The summed E-state index contributed by atoms with van der Waals surface area (Å²) in [6.07, 6.45) is 1.56. The minimum absolute atomic E-state index is 0.218. The van der Waals surface area contributed by atoms with Gasteiger partial charge in [-0.15, -0.1) is 0 Å². The molecule has 0 bridgehead atoms. The minimum atomic E-state index is -0.938. The number of nitrogens with zero attached hydrogens (tertiary/aromatic N) is 2. The number of carbonyl (C=O) groups excluding carboxylic acids is 1. The summed E-state index contributed by atoms with van der Waals surface area (Å²) in [6, 6.07) is 10.4. The lowest BCUT2D eigenvalue weighted by atomic mass is 9.97. The fourth-order valence-electron chi connectivity index (χ4n) is 3.75. The van der Waals surface area contributed by atoms with Crippen molar-refractivity contribution in [2.24, 2.45) is 5.92 Å². The minimum Gasteiger partial charge on any atom is -0.478 e. The smallest absolute Gasteiger partial charge is 0.335 e. The van der Waals surface area contributed by atoms with Gasteiger partial charge in [-0.1, -0.05) is 12.1 Å². The van der Waals surface area contributed by atoms with Crippen LogP contribution in [-0.2, 0) is 13.0 Å². The molecule has 0 spiro atoms. The number of aryl methyl sites for hydroxylation is 1. The van der Waals surface area contributed by atoms with Crippen LogP contribution in [0.5, 0.6) is 0 Å². The molecule has 1 fully saturated rings. The third-order valence-electron chi connectivity index (χ3n) is 5.21. The first kappa shape index (κ1) is 18.9. The molecular formula is C21H24N2O4. The molecule has 1 N–H and O–H groups in total. The largest absolute Gasteiger partial charge is 0.478 e. The summed E-state index contributed by atoms with van der Waals surface area (Å²) in [5, 5.41) is 9.11. The van der Waals surface area contributed by atoms with E-state index in [1.54, 1.807) is 33.7 Å². The molecule has 1 amide bonds. The molecule has 0 saturated carbocycles. The van der Waals surface area contributed by atoms with Crippen LogP contribution in [0.15, 0.2) is 41.2 Å². The van der Waals surface area contributed by atoms with Crippen molar-refractivity contribution >= 4 is 11.9 Å². The molecule has 2 aromatic rings. The molecule has 0 aliphatic carbocycles. The van der Waals surface area contributed by atoms with E-state index in [4.69, 9.17) is 5.11 Å². The summed E-state index contributed by atoms with van der Waals surface area (Å²) in [6.45, 7) is 5.47. The van der Waals surface area contributed by atoms with Crippen LogP contribution in [0.4, 0.5) is 0 Å². The Kier molecular flexibility index (Phi) is 5.44. The van der Waals surface area contributed by atoms with Crippen LogP contribution < -0.4 is 5.56 Å². The number of likely N-dealkylation sites (tertiary alicyclic amines) is 1. The number of carbonyl (C=O) groups is 2. The zero-order valence-corrected chi connectivity index (χ0v) is 15.6. The van der Waals surface area contributed by atoms with Crippen LogP contribution in [0.25, 0.3) is 0 Å². The van der Waals surface area contributed by atoms with Gasteiger partial charge in [-0.05, 0) is 62.4 Å². The predicted molar refractivity (Wildman–Crippen MR) is 102 cm³/mol. The lowest BCUT2D eigenvalue weighted by Gasteiger charge is -2.18. The molecule has 2 heterocycles. The summed E-state index contributed by atoms with van der Waals surface area (Å²) < 4.78 is 1.61. The Morgan fingerprint density at radius 2 is 2.00 bits per heavy atom. The van der Waals surface area contributed by atoms with Gasteiger partial charge in [0.15, 0.2) is 0 Å². The van der Waals surface area contributed by atoms with Crippen LogP contribution >= 0.6 is 0 Å². The quantitative estimate of drug-likeness (QED) is 0.880. The average molecular weight is 368 g/mol. The SMILES string of the molecule is CCn1c(C)ccc(C(=O)N2CC[C@@H](Cc3cccc(C(=O)O)c3)C2)c1=O. The van der Waals surface area contributed by atoms with Crippen molar-refractivity contribution < 1.29 is 14.7 Å². The lowest BCUT2D eigenvalue weighted by molar-refractivity contribution is 0.0696. The molecule has 1 aromatic heterocycles. The topological polar surface area (TPSA) is 79.6 Å². The molecule has 0 unspecified atom stereocenters. The molecule has 0 radical (unpaired) electrons. The maximum Gasteiger partial charge on any atom is 0.335 e. The van der Waals surface area contributed by atoms with E-state index in [2.05, 4.69) is 0 Å². The highest BCUT2D eigenvalue weighted by Crippen LogP contribution is 2.22. The number of benzene rings is 1. The van der Waals surface area contributed by atoms with Gasteiger partial charge in [-0.2, -0.15) is 0 Å². The highest BCUT2D eigenvalue weighted by Gasteiger charge is 2.28. The Bertz CT molecular complexity index is 932. The molecular weight excluding hydrogens is 344 g/mol. The van der Waals surface area contributed by atoms with E-state index < -0.39 is 5.97 Å². The number of rotatable bonds is 5. The molecule has 1 atom stereocenters. The highest BCUT2D eigenvalue weighted by molar-refractivity contribution is 5.94. The van der Waals surface area contributed by atoms with Crippen LogP contribution in [0.3, 0.4) is 0 Å². The summed E-state index contributed by atoms with van der Waals surface area (Å²) in [5.41, 5.74) is 2.06. The zero-order valence-electron chi connectivity index (χ0n) is 15.6. The third kappa shape index (κ3) is 3.94. The standard InChI is InChI=1S/C21H24N2O4/c1-3-23-14(2)7-8-18(20(23)25)19(24)22-10-9-16(13-22)11-15-5-4-6-17(12-15)21(26)27/h4-8,12,16H,3,9-11,13H2,1-2H3,(H,26,27)/t16-/m0/s1. The molecule has 1 saturated heterocycles. The van der Waals surface area contributed by atoms with Gasteiger partial charge in [-0.25, -0.2) is 4.79 Å². The number of carboxylic acid groups (broad SMARTS) is 1. The van der Waals surface area contributed by atoms with E-state index in [1.807, 2.05) is 26.0 Å². The second-order valence-corrected chi connectivity index (χ2v) is 7.05. The van der Waals surface area contributed by atoms with Crippen LogP contribution in [0.1, 0.15) is 45.3 Å². The van der Waals surface area contributed by atoms with Gasteiger partial charge in [0.1, 0.15) is 5.56 Å². The van der Waals surface area contributed by atoms with Crippen molar-refractivity contribution in [2.75, 3.05) is 13.1 Å². The fraction of sp³-hybridized carbons (Fsp3) is 0.381. The number of hydrogen-bond acceptors (Lipinski definition) is 3. The summed E-state index contributed by atoms with van der Waals surface area (Å²) in [4.78, 5) is 38.2. The van der Waals surface area contributed by atoms with Gasteiger partial charge in [0.05, 0.1) is 5.56 Å². The second-order valence-electron chi connectivity index (χ2n) is 7.05. The Hall–Kier alpha value is -2.89. The summed E-state index contributed by atoms with van der Waals surface area (Å²) in [5.74, 6) is -0.896. The number of hydrogen-bond donors (Lipinski definition) is 1. The molecule has 3 rings (SSSR count). The van der Waals surface area contributed by atoms with Gasteiger partial charge < -0.3 is 14.6 Å². The Balaban J connectivity index is 1.71. The number of amides is 1. The predicted octanol–water partition coefficient (Wildman–Crippen LogP) is 2.58. The molecule has 6 heteroatoms. The van der Waals surface area contributed by atoms with Crippen molar-refractivity contribution in [3.8, 4) is 0 Å². The van der Waals surface area contributed by atoms with E-state index in [9.17, 15) is 14.4 Å². The Labute approximate surface area is 158 Å². The molecule has 27 heavy (non-hydrogen) atoms. The van der Waals surface area contributed by atoms with Gasteiger partial charge in [0, 0.05) is 25.3 Å². The van der Waals surface area contributed by atoms with Gasteiger partial charge in [0.2, 0.25) is 0 Å². The first-order chi connectivity index (χ1) is 12.9. The fourth-order valence-corrected chi connectivity index (χ4v) is 3.75. The van der Waals surface area contributed by atoms with Crippen LogP contribution in [0, 0.1) is 12.8 Å². The summed E-state index contributed by atoms with van der Waals surface area (Å²) >= 11 is 0. The maximum atomic E-state index is 12.8. The summed E-state index contributed by atoms with van der Waals surface area (Å²) in [7, 11) is 0. The molecule has 142 valence electrons. The number of pyridine rings is 1.